The van der Waals surface area contributed by atoms with Gasteiger partial charge in [0.25, 0.3) is 0 Å². The number of hydrogen-bond donors (Lipinski definition) is 3. The minimum Gasteiger partial charge on any atom is -0.477 e. The molecule has 1 heterocycles. The van der Waals surface area contributed by atoms with Crippen molar-refractivity contribution in [3.05, 3.63) is 15.8 Å². The molecule has 0 spiro atoms. The number of aliphatic hydroxyl groups excluding tert-OH is 1. The van der Waals surface area contributed by atoms with E-state index >= 15 is 0 Å². The van der Waals surface area contributed by atoms with Crippen LogP contribution in [0.3, 0.4) is 0 Å². The molecule has 118 valence electrons. The second kappa shape index (κ2) is 6.04. The van der Waals surface area contributed by atoms with Crippen LogP contribution in [0.25, 0.3) is 0 Å². The summed E-state index contributed by atoms with van der Waals surface area (Å²) in [6, 6.07) is 0. The average Bonchev–Trinajstić information content (AvgIpc) is 3.04. The van der Waals surface area contributed by atoms with Crippen molar-refractivity contribution in [1.82, 2.24) is 4.72 Å². The number of carbonyl (C=O) groups is 1. The molecule has 1 aliphatic rings. The summed E-state index contributed by atoms with van der Waals surface area (Å²) in [5.74, 6) is -1.24. The van der Waals surface area contributed by atoms with Crippen molar-refractivity contribution in [2.24, 2.45) is 5.41 Å². The number of aliphatic hydroxyl groups is 1. The molecule has 1 aliphatic carbocycles. The predicted octanol–water partition coefficient (Wildman–Crippen LogP) is 1.59. The van der Waals surface area contributed by atoms with Gasteiger partial charge < -0.3 is 10.2 Å². The number of aromatic carboxylic acids is 1. The summed E-state index contributed by atoms with van der Waals surface area (Å²) in [4.78, 5) is 10.8. The molecule has 0 amide bonds. The third-order valence-electron chi connectivity index (χ3n) is 4.02. The molecule has 0 bridgehead atoms. The van der Waals surface area contributed by atoms with Gasteiger partial charge in [-0.1, -0.05) is 12.8 Å². The lowest BCUT2D eigenvalue weighted by atomic mass is 9.88. The van der Waals surface area contributed by atoms with Crippen LogP contribution in [0.5, 0.6) is 0 Å². The maximum absolute atomic E-state index is 12.4. The third-order valence-corrected chi connectivity index (χ3v) is 6.82. The van der Waals surface area contributed by atoms with E-state index in [1.807, 2.05) is 0 Å². The molecule has 2 rings (SSSR count). The summed E-state index contributed by atoms with van der Waals surface area (Å²) in [6.07, 6.45) is 3.50. The van der Waals surface area contributed by atoms with Crippen molar-refractivity contribution >= 4 is 27.3 Å². The molecule has 0 radical (unpaired) electrons. The zero-order valence-electron chi connectivity index (χ0n) is 11.8. The molecular formula is C13H19NO5S2. The summed E-state index contributed by atoms with van der Waals surface area (Å²) in [6.45, 7) is 1.65. The first kappa shape index (κ1) is 16.4. The van der Waals surface area contributed by atoms with Gasteiger partial charge in [-0.15, -0.1) is 11.3 Å². The quantitative estimate of drug-likeness (QED) is 0.733. The maximum atomic E-state index is 12.4. The Morgan fingerprint density at radius 1 is 1.43 bits per heavy atom. The smallest absolute Gasteiger partial charge is 0.347 e. The zero-order valence-corrected chi connectivity index (χ0v) is 13.4. The molecule has 0 aliphatic heterocycles. The molecule has 21 heavy (non-hydrogen) atoms. The van der Waals surface area contributed by atoms with Gasteiger partial charge in [-0.3, -0.25) is 0 Å². The number of carboxylic acids is 1. The Kier molecular flexibility index (Phi) is 4.72. The standard InChI is InChI=1S/C13H19NO5S2/c1-9-6-20-10(12(16)17)11(9)21(18,19)14-7-13(8-15)4-2-3-5-13/h6,14-15H,2-5,7-8H2,1H3,(H,16,17). The van der Waals surface area contributed by atoms with Crippen molar-refractivity contribution in [1.29, 1.82) is 0 Å². The molecule has 8 heteroatoms. The Hall–Kier alpha value is -0.960. The number of rotatable bonds is 6. The van der Waals surface area contributed by atoms with Crippen LogP contribution in [0.2, 0.25) is 0 Å². The molecule has 0 aromatic carbocycles. The number of hydrogen-bond acceptors (Lipinski definition) is 5. The Morgan fingerprint density at radius 3 is 2.57 bits per heavy atom. The highest BCUT2D eigenvalue weighted by Gasteiger charge is 2.35. The fourth-order valence-corrected chi connectivity index (χ4v) is 5.54. The van der Waals surface area contributed by atoms with E-state index in [2.05, 4.69) is 4.72 Å². The van der Waals surface area contributed by atoms with E-state index in [9.17, 15) is 18.3 Å². The number of nitrogens with one attached hydrogen (secondary N) is 1. The van der Waals surface area contributed by atoms with E-state index in [-0.39, 0.29) is 22.9 Å². The van der Waals surface area contributed by atoms with E-state index in [4.69, 9.17) is 5.11 Å². The average molecular weight is 333 g/mol. The van der Waals surface area contributed by atoms with Crippen LogP contribution < -0.4 is 4.72 Å². The van der Waals surface area contributed by atoms with Crippen molar-refractivity contribution in [2.45, 2.75) is 37.5 Å². The van der Waals surface area contributed by atoms with E-state index in [1.165, 1.54) is 5.38 Å². The van der Waals surface area contributed by atoms with Crippen molar-refractivity contribution in [2.75, 3.05) is 13.2 Å². The summed E-state index contributed by atoms with van der Waals surface area (Å²) >= 11 is 0.906. The summed E-state index contributed by atoms with van der Waals surface area (Å²) in [5, 5.41) is 20.1. The van der Waals surface area contributed by atoms with Crippen LogP contribution >= 0.6 is 11.3 Å². The van der Waals surface area contributed by atoms with E-state index < -0.39 is 21.4 Å². The largest absolute Gasteiger partial charge is 0.477 e. The summed E-state index contributed by atoms with van der Waals surface area (Å²) in [5.41, 5.74) is 0.00906. The van der Waals surface area contributed by atoms with Crippen LogP contribution in [0.15, 0.2) is 10.3 Å². The van der Waals surface area contributed by atoms with Crippen LogP contribution in [-0.2, 0) is 10.0 Å². The number of sulfonamides is 1. The molecular weight excluding hydrogens is 314 g/mol. The van der Waals surface area contributed by atoms with E-state index in [1.54, 1.807) is 6.92 Å². The molecule has 0 saturated heterocycles. The van der Waals surface area contributed by atoms with Crippen LogP contribution in [0.1, 0.15) is 40.9 Å². The fourth-order valence-electron chi connectivity index (χ4n) is 2.75. The first-order valence-corrected chi connectivity index (χ1v) is 9.09. The Morgan fingerprint density at radius 2 is 2.05 bits per heavy atom. The minimum atomic E-state index is -3.89. The molecule has 1 aromatic heterocycles. The van der Waals surface area contributed by atoms with Gasteiger partial charge >= 0.3 is 5.97 Å². The number of thiophene rings is 1. The van der Waals surface area contributed by atoms with Gasteiger partial charge in [0.2, 0.25) is 10.0 Å². The molecule has 1 saturated carbocycles. The molecule has 0 atom stereocenters. The van der Waals surface area contributed by atoms with E-state index in [0.29, 0.717) is 5.56 Å². The molecule has 6 nitrogen and oxygen atoms in total. The number of aryl methyl sites for hydroxylation is 1. The van der Waals surface area contributed by atoms with E-state index in [0.717, 1.165) is 37.0 Å². The maximum Gasteiger partial charge on any atom is 0.347 e. The predicted molar refractivity (Wildman–Crippen MR) is 79.2 cm³/mol. The number of carboxylic acid groups (broad SMARTS) is 1. The Balaban J connectivity index is 2.23. The SMILES string of the molecule is Cc1csc(C(=O)O)c1S(=O)(=O)NCC1(CO)CCCC1. The van der Waals surface area contributed by atoms with Crippen LogP contribution in [0, 0.1) is 12.3 Å². The summed E-state index contributed by atoms with van der Waals surface area (Å²) < 4.78 is 27.3. The van der Waals surface area contributed by atoms with Crippen LogP contribution in [0.4, 0.5) is 0 Å². The second-order valence-electron chi connectivity index (χ2n) is 5.57. The second-order valence-corrected chi connectivity index (χ2v) is 8.16. The summed E-state index contributed by atoms with van der Waals surface area (Å²) in [7, 11) is -3.89. The lowest BCUT2D eigenvalue weighted by Gasteiger charge is -2.26. The van der Waals surface area contributed by atoms with Gasteiger partial charge in [0.1, 0.15) is 9.77 Å². The first-order chi connectivity index (χ1) is 9.81. The van der Waals surface area contributed by atoms with Crippen molar-refractivity contribution in [3.8, 4) is 0 Å². The monoisotopic (exact) mass is 333 g/mol. The van der Waals surface area contributed by atoms with Crippen molar-refractivity contribution < 1.29 is 23.4 Å². The Bertz CT molecular complexity index is 629. The molecule has 0 unspecified atom stereocenters. The highest BCUT2D eigenvalue weighted by atomic mass is 32.2. The molecule has 1 fully saturated rings. The van der Waals surface area contributed by atoms with Gasteiger partial charge in [-0.2, -0.15) is 0 Å². The highest BCUT2D eigenvalue weighted by Crippen LogP contribution is 2.37. The molecule has 3 N–H and O–H groups in total. The topological polar surface area (TPSA) is 104 Å². The Labute approximate surface area is 127 Å². The zero-order chi connectivity index (χ0) is 15.7. The van der Waals surface area contributed by atoms with Gasteiger partial charge in [-0.05, 0) is 30.7 Å². The first-order valence-electron chi connectivity index (χ1n) is 6.73. The lowest BCUT2D eigenvalue weighted by molar-refractivity contribution is 0.0698. The highest BCUT2D eigenvalue weighted by molar-refractivity contribution is 7.89. The lowest BCUT2D eigenvalue weighted by Crippen LogP contribution is -2.38. The van der Waals surface area contributed by atoms with Gasteiger partial charge in [0.05, 0.1) is 0 Å². The van der Waals surface area contributed by atoms with Gasteiger partial charge in [-0.25, -0.2) is 17.9 Å². The third kappa shape index (κ3) is 3.28. The normalized spacial score (nSPS) is 18.0. The van der Waals surface area contributed by atoms with Gasteiger partial charge in [0, 0.05) is 18.6 Å². The van der Waals surface area contributed by atoms with Crippen molar-refractivity contribution in [3.63, 3.8) is 0 Å². The van der Waals surface area contributed by atoms with Crippen LogP contribution in [-0.4, -0.2) is 37.8 Å². The van der Waals surface area contributed by atoms with Gasteiger partial charge in [0.15, 0.2) is 0 Å². The molecule has 1 aromatic rings. The minimum absolute atomic E-state index is 0.0655. The fraction of sp³-hybridized carbons (Fsp3) is 0.615.